The van der Waals surface area contributed by atoms with Gasteiger partial charge in [0.15, 0.2) is 6.04 Å². The lowest BCUT2D eigenvalue weighted by molar-refractivity contribution is -0.918. The minimum Gasteiger partial charge on any atom is -0.319 e. The number of halogens is 3. The standard InChI is InChI=1S/C14H16F3N3O2S/c1-11(10-18)19-6-8-20(9-7-19)23(21,22)13-5-3-2-4-12(13)14(15,16)17/h2-5,11H,6-9H2,1H3/p+1/t11-/m1/s1. The first-order valence-electron chi connectivity index (χ1n) is 7.08. The smallest absolute Gasteiger partial charge is 0.319 e. The summed E-state index contributed by atoms with van der Waals surface area (Å²) in [5, 5.41) is 8.89. The first-order chi connectivity index (χ1) is 10.7. The monoisotopic (exact) mass is 348 g/mol. The van der Waals surface area contributed by atoms with Crippen LogP contribution in [0.15, 0.2) is 29.2 Å². The topological polar surface area (TPSA) is 65.6 Å². The zero-order valence-corrected chi connectivity index (χ0v) is 13.3. The minimum absolute atomic E-state index is 0.0931. The van der Waals surface area contributed by atoms with E-state index < -0.39 is 26.7 Å². The molecule has 0 bridgehead atoms. The van der Waals surface area contributed by atoms with Crippen molar-refractivity contribution in [1.29, 1.82) is 5.26 Å². The number of hydrogen-bond donors (Lipinski definition) is 1. The van der Waals surface area contributed by atoms with E-state index >= 15 is 0 Å². The fraction of sp³-hybridized carbons (Fsp3) is 0.500. The number of alkyl halides is 3. The molecule has 1 aromatic rings. The van der Waals surface area contributed by atoms with E-state index in [1.165, 1.54) is 12.1 Å². The Labute approximate surface area is 133 Å². The molecular formula is C14H17F3N3O2S+. The number of nitrogens with zero attached hydrogens (tertiary/aromatic N) is 2. The van der Waals surface area contributed by atoms with Crippen LogP contribution in [-0.4, -0.2) is 44.9 Å². The van der Waals surface area contributed by atoms with Crippen molar-refractivity contribution in [2.24, 2.45) is 0 Å². The molecule has 1 fully saturated rings. The highest BCUT2D eigenvalue weighted by Crippen LogP contribution is 2.35. The highest BCUT2D eigenvalue weighted by atomic mass is 32.2. The Morgan fingerprint density at radius 3 is 2.35 bits per heavy atom. The van der Waals surface area contributed by atoms with Crippen molar-refractivity contribution in [1.82, 2.24) is 4.31 Å². The lowest BCUT2D eigenvalue weighted by Gasteiger charge is -2.33. The third-order valence-electron chi connectivity index (χ3n) is 3.98. The van der Waals surface area contributed by atoms with Gasteiger partial charge < -0.3 is 4.90 Å². The maximum atomic E-state index is 13.0. The maximum absolute atomic E-state index is 13.0. The Morgan fingerprint density at radius 2 is 1.83 bits per heavy atom. The molecule has 0 aromatic heterocycles. The molecule has 1 N–H and O–H groups in total. The van der Waals surface area contributed by atoms with E-state index in [9.17, 15) is 21.6 Å². The van der Waals surface area contributed by atoms with Crippen molar-refractivity contribution in [3.63, 3.8) is 0 Å². The molecule has 1 heterocycles. The van der Waals surface area contributed by atoms with E-state index in [-0.39, 0.29) is 19.1 Å². The molecule has 0 amide bonds. The number of sulfonamides is 1. The molecule has 0 radical (unpaired) electrons. The molecule has 0 saturated carbocycles. The quantitative estimate of drug-likeness (QED) is 0.866. The van der Waals surface area contributed by atoms with E-state index in [1.54, 1.807) is 6.92 Å². The SMILES string of the molecule is C[C@H](C#N)[NH+]1CCN(S(=O)(=O)c2ccccc2C(F)(F)F)CC1. The first-order valence-corrected chi connectivity index (χ1v) is 8.52. The van der Waals surface area contributed by atoms with E-state index in [1.807, 2.05) is 0 Å². The molecule has 0 spiro atoms. The summed E-state index contributed by atoms with van der Waals surface area (Å²) < 4.78 is 65.3. The van der Waals surface area contributed by atoms with Gasteiger partial charge in [0.05, 0.1) is 36.6 Å². The number of benzene rings is 1. The normalized spacial score (nSPS) is 19.3. The Balaban J connectivity index is 2.27. The Hall–Kier alpha value is -1.63. The van der Waals surface area contributed by atoms with Crippen molar-refractivity contribution < 1.29 is 26.5 Å². The molecule has 9 heteroatoms. The van der Waals surface area contributed by atoms with Gasteiger partial charge in [0.2, 0.25) is 10.0 Å². The molecule has 126 valence electrons. The number of nitrogens with one attached hydrogen (secondary N) is 1. The molecule has 1 aromatic carbocycles. The second-order valence-electron chi connectivity index (χ2n) is 5.41. The number of rotatable bonds is 3. The van der Waals surface area contributed by atoms with Crippen molar-refractivity contribution in [3.8, 4) is 6.07 Å². The molecule has 23 heavy (non-hydrogen) atoms. The van der Waals surface area contributed by atoms with Gasteiger partial charge in [-0.3, -0.25) is 0 Å². The second kappa shape index (κ2) is 6.47. The minimum atomic E-state index is -4.73. The third kappa shape index (κ3) is 3.65. The van der Waals surface area contributed by atoms with Crippen molar-refractivity contribution in [2.45, 2.75) is 24.0 Å². The van der Waals surface area contributed by atoms with Gasteiger partial charge in [-0.25, -0.2) is 8.42 Å². The average molecular weight is 348 g/mol. The van der Waals surface area contributed by atoms with E-state index in [2.05, 4.69) is 6.07 Å². The highest BCUT2D eigenvalue weighted by molar-refractivity contribution is 7.89. The zero-order chi connectivity index (χ0) is 17.3. The second-order valence-corrected chi connectivity index (χ2v) is 7.31. The summed E-state index contributed by atoms with van der Waals surface area (Å²) in [4.78, 5) is 0.215. The van der Waals surface area contributed by atoms with Crippen molar-refractivity contribution in [3.05, 3.63) is 29.8 Å². The summed E-state index contributed by atoms with van der Waals surface area (Å²) in [6.45, 7) is 2.70. The Bertz CT molecular complexity index is 705. The predicted molar refractivity (Wildman–Crippen MR) is 76.0 cm³/mol. The molecular weight excluding hydrogens is 331 g/mol. The van der Waals surface area contributed by atoms with Crippen LogP contribution < -0.4 is 4.90 Å². The van der Waals surface area contributed by atoms with Crippen LogP contribution in [0.25, 0.3) is 0 Å². The van der Waals surface area contributed by atoms with Gasteiger partial charge in [-0.2, -0.15) is 22.7 Å². The molecule has 5 nitrogen and oxygen atoms in total. The Morgan fingerprint density at radius 1 is 1.26 bits per heavy atom. The highest BCUT2D eigenvalue weighted by Gasteiger charge is 2.40. The van der Waals surface area contributed by atoms with Gasteiger partial charge in [0.1, 0.15) is 6.07 Å². The summed E-state index contributed by atoms with van der Waals surface area (Å²) in [7, 11) is -4.21. The summed E-state index contributed by atoms with van der Waals surface area (Å²) in [6.07, 6.45) is -4.73. The number of piperazine rings is 1. The van der Waals surface area contributed by atoms with Gasteiger partial charge in [-0.15, -0.1) is 0 Å². The van der Waals surface area contributed by atoms with Gasteiger partial charge in [0, 0.05) is 6.92 Å². The number of nitriles is 1. The van der Waals surface area contributed by atoms with E-state index in [4.69, 9.17) is 5.26 Å². The third-order valence-corrected chi connectivity index (χ3v) is 5.94. The first kappa shape index (κ1) is 17.7. The van der Waals surface area contributed by atoms with Crippen molar-refractivity contribution >= 4 is 10.0 Å². The summed E-state index contributed by atoms with van der Waals surface area (Å²) in [5.74, 6) is 0. The van der Waals surface area contributed by atoms with Gasteiger partial charge in [0.25, 0.3) is 0 Å². The fourth-order valence-electron chi connectivity index (χ4n) is 2.60. The maximum Gasteiger partial charge on any atom is 0.417 e. The number of hydrogen-bond acceptors (Lipinski definition) is 3. The zero-order valence-electron chi connectivity index (χ0n) is 12.5. The lowest BCUT2D eigenvalue weighted by atomic mass is 10.2. The van der Waals surface area contributed by atoms with Crippen LogP contribution in [0, 0.1) is 11.3 Å². The molecule has 1 atom stereocenters. The average Bonchev–Trinajstić information content (AvgIpc) is 2.53. The van der Waals surface area contributed by atoms with E-state index in [0.717, 1.165) is 21.3 Å². The molecule has 0 aliphatic carbocycles. The summed E-state index contributed by atoms with van der Waals surface area (Å²) in [5.41, 5.74) is -1.15. The van der Waals surface area contributed by atoms with Crippen LogP contribution in [0.2, 0.25) is 0 Å². The lowest BCUT2D eigenvalue weighted by Crippen LogP contribution is -3.17. The Kier molecular flexibility index (Phi) is 4.98. The largest absolute Gasteiger partial charge is 0.417 e. The van der Waals surface area contributed by atoms with Gasteiger partial charge in [-0.05, 0) is 12.1 Å². The molecule has 2 rings (SSSR count). The fourth-order valence-corrected chi connectivity index (χ4v) is 4.26. The molecule has 1 aliphatic rings. The summed E-state index contributed by atoms with van der Waals surface area (Å²) in [6, 6.07) is 6.02. The predicted octanol–water partition coefficient (Wildman–Crippen LogP) is 0.507. The van der Waals surface area contributed by atoms with Gasteiger partial charge >= 0.3 is 6.18 Å². The molecule has 1 aliphatic heterocycles. The number of quaternary nitrogens is 1. The van der Waals surface area contributed by atoms with Crippen LogP contribution >= 0.6 is 0 Å². The van der Waals surface area contributed by atoms with E-state index in [0.29, 0.717) is 13.1 Å². The van der Waals surface area contributed by atoms with Crippen LogP contribution in [0.4, 0.5) is 13.2 Å². The summed E-state index contributed by atoms with van der Waals surface area (Å²) >= 11 is 0. The van der Waals surface area contributed by atoms with Crippen LogP contribution in [0.5, 0.6) is 0 Å². The van der Waals surface area contributed by atoms with Crippen LogP contribution in [-0.2, 0) is 16.2 Å². The van der Waals surface area contributed by atoms with Crippen LogP contribution in [0.3, 0.4) is 0 Å². The molecule has 0 unspecified atom stereocenters. The van der Waals surface area contributed by atoms with Crippen molar-refractivity contribution in [2.75, 3.05) is 26.2 Å². The molecule has 1 saturated heterocycles. The van der Waals surface area contributed by atoms with Gasteiger partial charge in [-0.1, -0.05) is 12.1 Å². The van der Waals surface area contributed by atoms with Crippen LogP contribution in [0.1, 0.15) is 12.5 Å².